The number of benzene rings is 1. The van der Waals surface area contributed by atoms with E-state index in [2.05, 4.69) is 24.3 Å². The molecule has 4 heteroatoms. The number of carbonyl (C=O) groups excluding carboxylic acids is 1. The van der Waals surface area contributed by atoms with E-state index >= 15 is 0 Å². The Bertz CT molecular complexity index is 534. The molecule has 2 N–H and O–H groups in total. The third kappa shape index (κ3) is 3.87. The fourth-order valence-corrected chi connectivity index (χ4v) is 3.15. The second-order valence-corrected chi connectivity index (χ2v) is 6.90. The van der Waals surface area contributed by atoms with Gasteiger partial charge < -0.3 is 15.4 Å². The summed E-state index contributed by atoms with van der Waals surface area (Å²) >= 11 is 0. The Kier molecular flexibility index (Phi) is 4.50. The summed E-state index contributed by atoms with van der Waals surface area (Å²) in [6, 6.07) is 8.56. The van der Waals surface area contributed by atoms with Crippen LogP contribution >= 0.6 is 0 Å². The van der Waals surface area contributed by atoms with Crippen LogP contribution in [0.3, 0.4) is 0 Å². The molecule has 1 amide bonds. The summed E-state index contributed by atoms with van der Waals surface area (Å²) in [4.78, 5) is 14.4. The number of hydrogen-bond acceptors (Lipinski definition) is 3. The zero-order chi connectivity index (χ0) is 15.6. The number of nitrogens with zero attached hydrogens (tertiary/aromatic N) is 1. The highest BCUT2D eigenvalue weighted by atomic mass is 16.5. The smallest absolute Gasteiger partial charge is 0.225 e. The van der Waals surface area contributed by atoms with Gasteiger partial charge in [0.1, 0.15) is 0 Å². The van der Waals surface area contributed by atoms with Crippen molar-refractivity contribution < 1.29 is 9.53 Å². The summed E-state index contributed by atoms with van der Waals surface area (Å²) in [6.45, 7) is 4.78. The summed E-state index contributed by atoms with van der Waals surface area (Å²) in [5, 5.41) is 0. The minimum atomic E-state index is 0.0149. The van der Waals surface area contributed by atoms with E-state index in [0.717, 1.165) is 38.8 Å². The highest BCUT2D eigenvalue weighted by Crippen LogP contribution is 2.35. The molecule has 1 heterocycles. The van der Waals surface area contributed by atoms with Crippen LogP contribution in [0.15, 0.2) is 24.3 Å². The molecule has 2 aliphatic rings. The van der Waals surface area contributed by atoms with Crippen LogP contribution in [0.25, 0.3) is 0 Å². The Morgan fingerprint density at radius 1 is 1.32 bits per heavy atom. The maximum atomic E-state index is 12.5. The number of rotatable bonds is 5. The number of nitrogens with two attached hydrogens (primary N) is 1. The SMILES string of the molecule is CC(Cc1cccc(CC2(N)CC2)c1)C(=O)N1CCOCC1. The molecule has 1 aromatic carbocycles. The molecule has 1 aromatic rings. The first-order chi connectivity index (χ1) is 10.6. The van der Waals surface area contributed by atoms with E-state index in [0.29, 0.717) is 13.2 Å². The minimum Gasteiger partial charge on any atom is -0.378 e. The lowest BCUT2D eigenvalue weighted by atomic mass is 9.96. The maximum Gasteiger partial charge on any atom is 0.225 e. The Morgan fingerprint density at radius 3 is 2.68 bits per heavy atom. The quantitative estimate of drug-likeness (QED) is 0.901. The molecule has 120 valence electrons. The standard InChI is InChI=1S/C18H26N2O2/c1-14(17(21)20-7-9-22-10-8-20)11-15-3-2-4-16(12-15)13-18(19)5-6-18/h2-4,12,14H,5-11,13,19H2,1H3. The summed E-state index contributed by atoms with van der Waals surface area (Å²) in [5.74, 6) is 0.257. The molecule has 1 saturated carbocycles. The normalized spacial score (nSPS) is 21.5. The molecule has 0 radical (unpaired) electrons. The van der Waals surface area contributed by atoms with Gasteiger partial charge in [0.05, 0.1) is 13.2 Å². The number of hydrogen-bond donors (Lipinski definition) is 1. The Morgan fingerprint density at radius 2 is 2.00 bits per heavy atom. The lowest BCUT2D eigenvalue weighted by Gasteiger charge is -2.29. The van der Waals surface area contributed by atoms with E-state index in [-0.39, 0.29) is 17.4 Å². The lowest BCUT2D eigenvalue weighted by molar-refractivity contribution is -0.139. The molecule has 3 rings (SSSR count). The van der Waals surface area contributed by atoms with E-state index in [4.69, 9.17) is 10.5 Å². The van der Waals surface area contributed by atoms with Gasteiger partial charge in [0.15, 0.2) is 0 Å². The van der Waals surface area contributed by atoms with Gasteiger partial charge in [-0.25, -0.2) is 0 Å². The van der Waals surface area contributed by atoms with Crippen molar-refractivity contribution in [3.63, 3.8) is 0 Å². The molecule has 0 bridgehead atoms. The third-order valence-electron chi connectivity index (χ3n) is 4.73. The topological polar surface area (TPSA) is 55.6 Å². The molecule has 1 atom stereocenters. The van der Waals surface area contributed by atoms with Crippen LogP contribution in [-0.4, -0.2) is 42.6 Å². The van der Waals surface area contributed by atoms with E-state index in [1.165, 1.54) is 11.1 Å². The number of carbonyl (C=O) groups is 1. The lowest BCUT2D eigenvalue weighted by Crippen LogP contribution is -2.43. The van der Waals surface area contributed by atoms with Crippen molar-refractivity contribution in [2.75, 3.05) is 26.3 Å². The highest BCUT2D eigenvalue weighted by Gasteiger charge is 2.37. The van der Waals surface area contributed by atoms with Gasteiger partial charge in [-0.15, -0.1) is 0 Å². The Balaban J connectivity index is 1.59. The van der Waals surface area contributed by atoms with Crippen LogP contribution < -0.4 is 5.73 Å². The van der Waals surface area contributed by atoms with Crippen molar-refractivity contribution in [1.82, 2.24) is 4.90 Å². The largest absolute Gasteiger partial charge is 0.378 e. The van der Waals surface area contributed by atoms with Gasteiger partial charge in [0.2, 0.25) is 5.91 Å². The Labute approximate surface area is 132 Å². The molecular formula is C18H26N2O2. The van der Waals surface area contributed by atoms with Crippen molar-refractivity contribution >= 4 is 5.91 Å². The predicted molar refractivity (Wildman–Crippen MR) is 86.6 cm³/mol. The molecule has 0 spiro atoms. The molecular weight excluding hydrogens is 276 g/mol. The molecule has 1 unspecified atom stereocenters. The first kappa shape index (κ1) is 15.5. The molecule has 0 aromatic heterocycles. The van der Waals surface area contributed by atoms with Crippen molar-refractivity contribution in [1.29, 1.82) is 0 Å². The summed E-state index contributed by atoms with van der Waals surface area (Å²) in [7, 11) is 0. The molecule has 1 saturated heterocycles. The van der Waals surface area contributed by atoms with Crippen molar-refractivity contribution in [2.24, 2.45) is 11.7 Å². The number of ether oxygens (including phenoxy) is 1. The van der Waals surface area contributed by atoms with Gasteiger partial charge in [0.25, 0.3) is 0 Å². The van der Waals surface area contributed by atoms with Crippen molar-refractivity contribution in [3.05, 3.63) is 35.4 Å². The van der Waals surface area contributed by atoms with Crippen LogP contribution in [0, 0.1) is 5.92 Å². The third-order valence-corrected chi connectivity index (χ3v) is 4.73. The number of amides is 1. The summed E-state index contributed by atoms with van der Waals surface area (Å²) < 4.78 is 5.31. The van der Waals surface area contributed by atoms with Gasteiger partial charge in [-0.3, -0.25) is 4.79 Å². The van der Waals surface area contributed by atoms with E-state index in [1.807, 2.05) is 11.8 Å². The summed E-state index contributed by atoms with van der Waals surface area (Å²) in [5.41, 5.74) is 8.77. The fraction of sp³-hybridized carbons (Fsp3) is 0.611. The first-order valence-electron chi connectivity index (χ1n) is 8.29. The van der Waals surface area contributed by atoms with Crippen LogP contribution in [0.2, 0.25) is 0 Å². The molecule has 1 aliphatic heterocycles. The highest BCUT2D eigenvalue weighted by molar-refractivity contribution is 5.78. The molecule has 2 fully saturated rings. The van der Waals surface area contributed by atoms with Crippen LogP contribution in [-0.2, 0) is 22.4 Å². The van der Waals surface area contributed by atoms with Crippen LogP contribution in [0.1, 0.15) is 30.9 Å². The second kappa shape index (κ2) is 6.39. The van der Waals surface area contributed by atoms with Gasteiger partial charge in [-0.05, 0) is 36.8 Å². The van der Waals surface area contributed by atoms with Crippen molar-refractivity contribution in [2.45, 2.75) is 38.1 Å². The number of morpholine rings is 1. The van der Waals surface area contributed by atoms with Gasteiger partial charge >= 0.3 is 0 Å². The second-order valence-electron chi connectivity index (χ2n) is 6.90. The first-order valence-corrected chi connectivity index (χ1v) is 8.29. The minimum absolute atomic E-state index is 0.0149. The molecule has 4 nitrogen and oxygen atoms in total. The average Bonchev–Trinajstić information content (AvgIpc) is 3.24. The van der Waals surface area contributed by atoms with Gasteiger partial charge in [0, 0.05) is 24.5 Å². The van der Waals surface area contributed by atoms with E-state index in [1.54, 1.807) is 0 Å². The van der Waals surface area contributed by atoms with Gasteiger partial charge in [-0.2, -0.15) is 0 Å². The monoisotopic (exact) mass is 302 g/mol. The zero-order valence-electron chi connectivity index (χ0n) is 13.4. The molecule has 22 heavy (non-hydrogen) atoms. The van der Waals surface area contributed by atoms with E-state index < -0.39 is 0 Å². The zero-order valence-corrected chi connectivity index (χ0v) is 13.4. The van der Waals surface area contributed by atoms with Crippen LogP contribution in [0.5, 0.6) is 0 Å². The van der Waals surface area contributed by atoms with Crippen molar-refractivity contribution in [3.8, 4) is 0 Å². The average molecular weight is 302 g/mol. The predicted octanol–water partition coefficient (Wildman–Crippen LogP) is 1.76. The maximum absolute atomic E-state index is 12.5. The van der Waals surface area contributed by atoms with Gasteiger partial charge in [-0.1, -0.05) is 31.2 Å². The fourth-order valence-electron chi connectivity index (χ4n) is 3.15. The Hall–Kier alpha value is -1.39. The molecule has 1 aliphatic carbocycles. The van der Waals surface area contributed by atoms with E-state index in [9.17, 15) is 4.79 Å². The van der Waals surface area contributed by atoms with Crippen LogP contribution in [0.4, 0.5) is 0 Å². The summed E-state index contributed by atoms with van der Waals surface area (Å²) in [6.07, 6.45) is 4.00.